The maximum atomic E-state index is 13.0. The number of nitrogens with zero attached hydrogens (tertiary/aromatic N) is 3. The number of hydrogen-bond donors (Lipinski definition) is 3. The first-order chi connectivity index (χ1) is 20.4. The molecule has 0 saturated heterocycles. The summed E-state index contributed by atoms with van der Waals surface area (Å²) in [4.78, 5) is 39.3. The van der Waals surface area contributed by atoms with Gasteiger partial charge in [-0.3, -0.25) is 9.59 Å². The number of likely N-dealkylation sites (N-methyl/N-ethyl adjacent to an activating group) is 1. The zero-order chi connectivity index (χ0) is 29.5. The molecule has 0 aliphatic rings. The molecule has 0 radical (unpaired) electrons. The molecule has 0 unspecified atom stereocenters. The Hall–Kier alpha value is -5.39. The molecule has 5 aromatic rings. The van der Waals surface area contributed by atoms with Crippen molar-refractivity contribution in [2.45, 2.75) is 6.42 Å². The Balaban J connectivity index is 1.26. The second kappa shape index (κ2) is 12.9. The van der Waals surface area contributed by atoms with Gasteiger partial charge in [0, 0.05) is 77.9 Å². The van der Waals surface area contributed by atoms with Crippen LogP contribution in [-0.4, -0.2) is 45.3 Å². The molecule has 2 aromatic heterocycles. The van der Waals surface area contributed by atoms with Gasteiger partial charge in [0.15, 0.2) is 0 Å². The molecule has 5 rings (SSSR count). The van der Waals surface area contributed by atoms with Gasteiger partial charge in [0.1, 0.15) is 5.82 Å². The molecule has 8 nitrogen and oxygen atoms in total. The molecule has 42 heavy (non-hydrogen) atoms. The summed E-state index contributed by atoms with van der Waals surface area (Å²) >= 11 is 6.49. The Morgan fingerprint density at radius 2 is 1.83 bits per heavy atom. The van der Waals surface area contributed by atoms with Gasteiger partial charge < -0.3 is 20.5 Å². The highest BCUT2D eigenvalue weighted by Gasteiger charge is 2.14. The van der Waals surface area contributed by atoms with Gasteiger partial charge >= 0.3 is 0 Å². The summed E-state index contributed by atoms with van der Waals surface area (Å²) in [5, 5.41) is 7.18. The molecular formula is C33H27ClN6O2. The highest BCUT2D eigenvalue weighted by molar-refractivity contribution is 6.33. The topological polar surface area (TPSA) is 103 Å². The van der Waals surface area contributed by atoms with Crippen molar-refractivity contribution < 1.29 is 9.59 Å². The molecule has 2 heterocycles. The number of para-hydroxylation sites is 1. The largest absolute Gasteiger partial charge is 0.360 e. The number of aromatic amines is 1. The second-order valence-electron chi connectivity index (χ2n) is 9.54. The lowest BCUT2D eigenvalue weighted by Gasteiger charge is -2.10. The number of hydrogen-bond acceptors (Lipinski definition) is 5. The van der Waals surface area contributed by atoms with Crippen LogP contribution in [-0.2, 0) is 11.2 Å². The van der Waals surface area contributed by atoms with Crippen LogP contribution in [0.2, 0.25) is 5.02 Å². The number of terminal acetylenes is 1. The predicted molar refractivity (Wildman–Crippen MR) is 167 cm³/mol. The van der Waals surface area contributed by atoms with Gasteiger partial charge in [-0.25, -0.2) is 9.97 Å². The number of H-pyrrole nitrogens is 1. The minimum absolute atomic E-state index is 0.307. The third-order valence-electron chi connectivity index (χ3n) is 6.45. The summed E-state index contributed by atoms with van der Waals surface area (Å²) in [5.74, 6) is -0.0201. The van der Waals surface area contributed by atoms with E-state index in [1.807, 2.05) is 54.7 Å². The number of rotatable bonds is 9. The Kier molecular flexibility index (Phi) is 8.61. The zero-order valence-corrected chi connectivity index (χ0v) is 23.5. The number of fused-ring (bicyclic) bond motifs is 1. The highest BCUT2D eigenvalue weighted by Crippen LogP contribution is 2.32. The van der Waals surface area contributed by atoms with Crippen molar-refractivity contribution in [2.24, 2.45) is 0 Å². The number of anilines is 2. The molecule has 0 atom stereocenters. The normalized spacial score (nSPS) is 10.9. The molecule has 0 saturated carbocycles. The van der Waals surface area contributed by atoms with E-state index in [1.54, 1.807) is 48.5 Å². The number of aromatic nitrogens is 3. The number of carbonyl (C=O) groups excluding carboxylic acids is 2. The van der Waals surface area contributed by atoms with Crippen molar-refractivity contribution in [3.8, 4) is 23.7 Å². The third-order valence-corrected chi connectivity index (χ3v) is 6.72. The maximum absolute atomic E-state index is 13.0. The SMILES string of the molecule is C#CN(C)C/C=C/C(=O)Nc1cccc(C(=O)Nc2cccc(Cc3ncc(Cl)c(-c4c[nH]c5ccccc45)n3)c2)c1. The van der Waals surface area contributed by atoms with Gasteiger partial charge in [-0.1, -0.05) is 60.5 Å². The number of nitrogens with one attached hydrogen (secondary N) is 3. The van der Waals surface area contributed by atoms with Crippen LogP contribution in [0, 0.1) is 12.5 Å². The molecule has 0 aliphatic heterocycles. The van der Waals surface area contributed by atoms with Crippen LogP contribution in [0.3, 0.4) is 0 Å². The first-order valence-corrected chi connectivity index (χ1v) is 13.5. The summed E-state index contributed by atoms with van der Waals surface area (Å²) in [6, 6.07) is 24.6. The van der Waals surface area contributed by atoms with Crippen molar-refractivity contribution in [3.63, 3.8) is 0 Å². The van der Waals surface area contributed by atoms with Gasteiger partial charge in [-0.2, -0.15) is 0 Å². The quantitative estimate of drug-likeness (QED) is 0.111. The van der Waals surface area contributed by atoms with Crippen LogP contribution in [0.5, 0.6) is 0 Å². The van der Waals surface area contributed by atoms with E-state index in [0.29, 0.717) is 46.4 Å². The van der Waals surface area contributed by atoms with Crippen LogP contribution in [0.4, 0.5) is 11.4 Å². The number of amides is 2. The fourth-order valence-electron chi connectivity index (χ4n) is 4.38. The highest BCUT2D eigenvalue weighted by atomic mass is 35.5. The maximum Gasteiger partial charge on any atom is 0.255 e. The van der Waals surface area contributed by atoms with E-state index in [-0.39, 0.29) is 11.8 Å². The van der Waals surface area contributed by atoms with Gasteiger partial charge in [0.05, 0.1) is 10.7 Å². The second-order valence-corrected chi connectivity index (χ2v) is 9.95. The molecule has 3 aromatic carbocycles. The molecule has 0 bridgehead atoms. The minimum atomic E-state index is -0.317. The molecule has 0 aliphatic carbocycles. The van der Waals surface area contributed by atoms with Crippen molar-refractivity contribution in [1.82, 2.24) is 19.9 Å². The van der Waals surface area contributed by atoms with E-state index < -0.39 is 0 Å². The standard InChI is InChI=1S/C33H27ClN6O2/c1-3-40(2)16-8-15-31(41)37-25-12-7-10-23(19-25)33(42)38-24-11-6-9-22(17-24)18-30-36-21-28(34)32(39-30)27-20-35-29-14-5-4-13-26(27)29/h1,4-15,17,19-21,35H,16,18H2,2H3,(H,37,41)(H,38,42)/b15-8+. The molecule has 0 fully saturated rings. The van der Waals surface area contributed by atoms with Crippen LogP contribution >= 0.6 is 11.6 Å². The lowest BCUT2D eigenvalue weighted by molar-refractivity contribution is -0.111. The first-order valence-electron chi connectivity index (χ1n) is 13.1. The zero-order valence-electron chi connectivity index (χ0n) is 22.8. The Morgan fingerprint density at radius 1 is 1.05 bits per heavy atom. The van der Waals surface area contributed by atoms with Crippen molar-refractivity contribution in [2.75, 3.05) is 24.2 Å². The Labute approximate surface area is 248 Å². The van der Waals surface area contributed by atoms with Gasteiger partial charge in [0.2, 0.25) is 5.91 Å². The van der Waals surface area contributed by atoms with Crippen LogP contribution in [0.25, 0.3) is 22.2 Å². The summed E-state index contributed by atoms with van der Waals surface area (Å²) < 4.78 is 0. The summed E-state index contributed by atoms with van der Waals surface area (Å²) in [5.41, 5.74) is 5.01. The molecule has 208 valence electrons. The predicted octanol–water partition coefficient (Wildman–Crippen LogP) is 6.14. The van der Waals surface area contributed by atoms with E-state index in [2.05, 4.69) is 26.6 Å². The van der Waals surface area contributed by atoms with Gasteiger partial charge in [-0.15, -0.1) is 0 Å². The van der Waals surface area contributed by atoms with Crippen molar-refractivity contribution in [3.05, 3.63) is 119 Å². The van der Waals surface area contributed by atoms with Crippen LogP contribution < -0.4 is 10.6 Å². The molecule has 2 amide bonds. The number of carbonyl (C=O) groups is 2. The monoisotopic (exact) mass is 574 g/mol. The van der Waals surface area contributed by atoms with E-state index >= 15 is 0 Å². The fourth-order valence-corrected chi connectivity index (χ4v) is 4.58. The van der Waals surface area contributed by atoms with Crippen molar-refractivity contribution in [1.29, 1.82) is 0 Å². The van der Waals surface area contributed by atoms with Crippen molar-refractivity contribution >= 4 is 45.7 Å². The molecular weight excluding hydrogens is 548 g/mol. The average molecular weight is 575 g/mol. The average Bonchev–Trinajstić information content (AvgIpc) is 3.42. The lowest BCUT2D eigenvalue weighted by atomic mass is 10.1. The van der Waals surface area contributed by atoms with E-state index in [4.69, 9.17) is 23.0 Å². The third kappa shape index (κ3) is 6.84. The van der Waals surface area contributed by atoms with Crippen LogP contribution in [0.15, 0.2) is 97.3 Å². The van der Waals surface area contributed by atoms with Crippen LogP contribution in [0.1, 0.15) is 21.7 Å². The number of benzene rings is 3. The smallest absolute Gasteiger partial charge is 0.255 e. The lowest BCUT2D eigenvalue weighted by Crippen LogP contribution is -2.14. The number of halogens is 1. The molecule has 3 N–H and O–H groups in total. The summed E-state index contributed by atoms with van der Waals surface area (Å²) in [6.45, 7) is 0.445. The molecule has 9 heteroatoms. The van der Waals surface area contributed by atoms with Gasteiger partial charge in [0.25, 0.3) is 5.91 Å². The Bertz CT molecular complexity index is 1840. The first kappa shape index (κ1) is 28.1. The Morgan fingerprint density at radius 3 is 2.67 bits per heavy atom. The molecule has 0 spiro atoms. The summed E-state index contributed by atoms with van der Waals surface area (Å²) in [7, 11) is 1.74. The van der Waals surface area contributed by atoms with E-state index in [1.165, 1.54) is 6.08 Å². The van der Waals surface area contributed by atoms with E-state index in [9.17, 15) is 9.59 Å². The van der Waals surface area contributed by atoms with Gasteiger partial charge in [-0.05, 0) is 42.0 Å². The summed E-state index contributed by atoms with van der Waals surface area (Å²) in [6.07, 6.45) is 12.3. The van der Waals surface area contributed by atoms with E-state index in [0.717, 1.165) is 22.0 Å². The fraction of sp³-hybridized carbons (Fsp3) is 0.0909. The minimum Gasteiger partial charge on any atom is -0.360 e.